The summed E-state index contributed by atoms with van der Waals surface area (Å²) in [5, 5.41) is 22.5. The molecular weight excluding hydrogens is 268 g/mol. The largest absolute Gasteiger partial charge is 0.393 e. The Morgan fingerprint density at radius 1 is 1.29 bits per heavy atom. The van der Waals surface area contributed by atoms with Crippen molar-refractivity contribution < 1.29 is 15.0 Å². The Bertz CT molecular complexity index is 524. The molecule has 0 bridgehead atoms. The molecule has 1 aromatic carbocycles. The van der Waals surface area contributed by atoms with Gasteiger partial charge in [0.2, 0.25) is 5.91 Å². The molecular formula is C16H22N2O3. The molecule has 2 aliphatic heterocycles. The van der Waals surface area contributed by atoms with Crippen LogP contribution in [-0.4, -0.2) is 52.4 Å². The van der Waals surface area contributed by atoms with E-state index in [1.807, 2.05) is 12.1 Å². The van der Waals surface area contributed by atoms with Crippen LogP contribution < -0.4 is 5.32 Å². The average molecular weight is 290 g/mol. The number of nitrogens with zero attached hydrogens (tertiary/aromatic N) is 1. The number of benzene rings is 1. The molecule has 3 rings (SSSR count). The number of fused-ring (bicyclic) bond motifs is 1. The van der Waals surface area contributed by atoms with Crippen LogP contribution in [0.25, 0.3) is 0 Å². The summed E-state index contributed by atoms with van der Waals surface area (Å²) in [4.78, 5) is 14.4. The maximum absolute atomic E-state index is 12.6. The van der Waals surface area contributed by atoms with Gasteiger partial charge >= 0.3 is 0 Å². The van der Waals surface area contributed by atoms with E-state index in [0.717, 1.165) is 13.0 Å². The average Bonchev–Trinajstić information content (AvgIpc) is 2.54. The minimum atomic E-state index is -1.01. The molecule has 0 spiro atoms. The lowest BCUT2D eigenvalue weighted by Crippen LogP contribution is -2.54. The fourth-order valence-corrected chi connectivity index (χ4v) is 3.15. The first-order valence-electron chi connectivity index (χ1n) is 7.53. The van der Waals surface area contributed by atoms with Crippen LogP contribution in [0.1, 0.15) is 24.0 Å². The van der Waals surface area contributed by atoms with Gasteiger partial charge in [-0.05, 0) is 30.4 Å². The number of hydrogen-bond donors (Lipinski definition) is 3. The van der Waals surface area contributed by atoms with E-state index in [1.165, 1.54) is 11.1 Å². The molecule has 2 heterocycles. The zero-order chi connectivity index (χ0) is 14.9. The van der Waals surface area contributed by atoms with Gasteiger partial charge in [0.1, 0.15) is 0 Å². The van der Waals surface area contributed by atoms with Crippen molar-refractivity contribution >= 4 is 5.91 Å². The summed E-state index contributed by atoms with van der Waals surface area (Å²) in [6.07, 6.45) is 1.60. The maximum atomic E-state index is 12.6. The molecule has 2 aliphatic rings. The van der Waals surface area contributed by atoms with Crippen LogP contribution in [-0.2, 0) is 17.8 Å². The molecule has 1 aromatic rings. The first-order valence-corrected chi connectivity index (χ1v) is 7.53. The topological polar surface area (TPSA) is 72.8 Å². The molecule has 5 nitrogen and oxygen atoms in total. The second kappa shape index (κ2) is 5.75. The zero-order valence-corrected chi connectivity index (χ0v) is 12.1. The van der Waals surface area contributed by atoms with Crippen LogP contribution in [0.4, 0.5) is 0 Å². The Hall–Kier alpha value is -1.43. The van der Waals surface area contributed by atoms with E-state index in [4.69, 9.17) is 5.11 Å². The fraction of sp³-hybridized carbons (Fsp3) is 0.562. The van der Waals surface area contributed by atoms with Crippen LogP contribution in [0.15, 0.2) is 24.3 Å². The molecule has 1 fully saturated rings. The van der Waals surface area contributed by atoms with Gasteiger partial charge in [-0.15, -0.1) is 0 Å². The molecule has 5 heteroatoms. The number of carbonyl (C=O) groups excluding carboxylic acids is 1. The van der Waals surface area contributed by atoms with E-state index in [2.05, 4.69) is 17.4 Å². The smallest absolute Gasteiger partial charge is 0.240 e. The second-order valence-electron chi connectivity index (χ2n) is 6.11. The highest BCUT2D eigenvalue weighted by Gasteiger charge is 2.35. The van der Waals surface area contributed by atoms with Crippen molar-refractivity contribution in [2.45, 2.75) is 37.5 Å². The summed E-state index contributed by atoms with van der Waals surface area (Å²) in [7, 11) is 0. The summed E-state index contributed by atoms with van der Waals surface area (Å²) in [5.41, 5.74) is 1.48. The van der Waals surface area contributed by atoms with Gasteiger partial charge in [0.25, 0.3) is 0 Å². The lowest BCUT2D eigenvalue weighted by Gasteiger charge is -2.39. The fourth-order valence-electron chi connectivity index (χ4n) is 3.15. The second-order valence-corrected chi connectivity index (χ2v) is 6.11. The molecule has 0 saturated carbocycles. The van der Waals surface area contributed by atoms with Crippen molar-refractivity contribution in [2.24, 2.45) is 0 Å². The number of nitrogens with one attached hydrogen (secondary N) is 1. The normalized spacial score (nSPS) is 24.5. The lowest BCUT2D eigenvalue weighted by molar-refractivity contribution is -0.139. The summed E-state index contributed by atoms with van der Waals surface area (Å²) in [5.74, 6) is 0.101. The van der Waals surface area contributed by atoms with Crippen LogP contribution in [0.2, 0.25) is 0 Å². The van der Waals surface area contributed by atoms with Gasteiger partial charge in [-0.3, -0.25) is 4.79 Å². The van der Waals surface area contributed by atoms with Crippen LogP contribution in [0.5, 0.6) is 0 Å². The predicted molar refractivity (Wildman–Crippen MR) is 78.6 cm³/mol. The van der Waals surface area contributed by atoms with E-state index < -0.39 is 5.60 Å². The molecule has 1 atom stereocenters. The SMILES string of the molecule is O=C([C@H]1Cc2ccccc2CN1)N1CCC(O)(CO)CC1. The minimum absolute atomic E-state index is 0.101. The van der Waals surface area contributed by atoms with E-state index in [1.54, 1.807) is 4.90 Å². The van der Waals surface area contributed by atoms with Crippen LogP contribution in [0, 0.1) is 0 Å². The third-order valence-corrected chi connectivity index (χ3v) is 4.68. The summed E-state index contributed by atoms with van der Waals surface area (Å²) >= 11 is 0. The Balaban J connectivity index is 1.63. The van der Waals surface area contributed by atoms with Crippen LogP contribution in [0.3, 0.4) is 0 Å². The third-order valence-electron chi connectivity index (χ3n) is 4.68. The van der Waals surface area contributed by atoms with Gasteiger partial charge < -0.3 is 20.4 Å². The molecule has 114 valence electrons. The number of hydrogen-bond acceptors (Lipinski definition) is 4. The number of amides is 1. The van der Waals surface area contributed by atoms with Crippen molar-refractivity contribution in [1.82, 2.24) is 10.2 Å². The van der Waals surface area contributed by atoms with E-state index in [9.17, 15) is 9.90 Å². The number of carbonyl (C=O) groups is 1. The van der Waals surface area contributed by atoms with Crippen molar-refractivity contribution in [3.8, 4) is 0 Å². The third kappa shape index (κ3) is 2.95. The molecule has 0 aromatic heterocycles. The Kier molecular flexibility index (Phi) is 3.97. The quantitative estimate of drug-likeness (QED) is 0.719. The molecule has 0 aliphatic carbocycles. The van der Waals surface area contributed by atoms with Gasteiger partial charge in [0.15, 0.2) is 0 Å². The highest BCUT2D eigenvalue weighted by molar-refractivity contribution is 5.82. The molecule has 0 radical (unpaired) electrons. The van der Waals surface area contributed by atoms with E-state index >= 15 is 0 Å². The first-order chi connectivity index (χ1) is 10.1. The molecule has 3 N–H and O–H groups in total. The summed E-state index contributed by atoms with van der Waals surface area (Å²) in [6.45, 7) is 1.51. The molecule has 1 amide bonds. The van der Waals surface area contributed by atoms with E-state index in [-0.39, 0.29) is 18.6 Å². The highest BCUT2D eigenvalue weighted by atomic mass is 16.3. The van der Waals surface area contributed by atoms with Gasteiger partial charge in [-0.1, -0.05) is 24.3 Å². The Labute approximate surface area is 124 Å². The standard InChI is InChI=1S/C16H22N2O3/c19-11-16(21)5-7-18(8-6-16)15(20)14-9-12-3-1-2-4-13(12)10-17-14/h1-4,14,17,19,21H,5-11H2/t14-/m1/s1. The number of likely N-dealkylation sites (tertiary alicyclic amines) is 1. The highest BCUT2D eigenvalue weighted by Crippen LogP contribution is 2.23. The van der Waals surface area contributed by atoms with Crippen molar-refractivity contribution in [1.29, 1.82) is 0 Å². The van der Waals surface area contributed by atoms with Crippen molar-refractivity contribution in [3.05, 3.63) is 35.4 Å². The van der Waals surface area contributed by atoms with Gasteiger partial charge in [0, 0.05) is 19.6 Å². The monoisotopic (exact) mass is 290 g/mol. The van der Waals surface area contributed by atoms with E-state index in [0.29, 0.717) is 25.9 Å². The number of piperidine rings is 1. The summed E-state index contributed by atoms with van der Waals surface area (Å²) < 4.78 is 0. The van der Waals surface area contributed by atoms with Gasteiger partial charge in [0.05, 0.1) is 18.2 Å². The van der Waals surface area contributed by atoms with Crippen molar-refractivity contribution in [2.75, 3.05) is 19.7 Å². The first kappa shape index (κ1) is 14.5. The lowest BCUT2D eigenvalue weighted by atomic mass is 9.91. The summed E-state index contributed by atoms with van der Waals surface area (Å²) in [6, 6.07) is 8.01. The van der Waals surface area contributed by atoms with Crippen molar-refractivity contribution in [3.63, 3.8) is 0 Å². The molecule has 1 saturated heterocycles. The minimum Gasteiger partial charge on any atom is -0.393 e. The van der Waals surface area contributed by atoms with Gasteiger partial charge in [-0.25, -0.2) is 0 Å². The zero-order valence-electron chi connectivity index (χ0n) is 12.1. The Morgan fingerprint density at radius 3 is 2.62 bits per heavy atom. The van der Waals surface area contributed by atoms with Gasteiger partial charge in [-0.2, -0.15) is 0 Å². The Morgan fingerprint density at radius 2 is 1.95 bits per heavy atom. The van der Waals surface area contributed by atoms with Crippen LogP contribution >= 0.6 is 0 Å². The number of rotatable bonds is 2. The number of aliphatic hydroxyl groups excluding tert-OH is 1. The molecule has 21 heavy (non-hydrogen) atoms. The molecule has 0 unspecified atom stereocenters. The predicted octanol–water partition coefficient (Wildman–Crippen LogP) is 0.0467. The number of aliphatic hydroxyl groups is 2. The maximum Gasteiger partial charge on any atom is 0.240 e.